The number of hydrogen-bond acceptors (Lipinski definition) is 2. The van der Waals surface area contributed by atoms with Gasteiger partial charge in [-0.15, -0.1) is 0 Å². The van der Waals surface area contributed by atoms with Crippen LogP contribution in [0.5, 0.6) is 0 Å². The zero-order chi connectivity index (χ0) is 12.4. The molecule has 0 unspecified atom stereocenters. The van der Waals surface area contributed by atoms with Crippen LogP contribution in [0.3, 0.4) is 0 Å². The maximum absolute atomic E-state index is 4.68. The SMILES string of the molecule is Cc1nn(C(C)C)c(C)c1CC1CCNCC1. The third kappa shape index (κ3) is 2.71. The average Bonchev–Trinajstić information content (AvgIpc) is 2.58. The summed E-state index contributed by atoms with van der Waals surface area (Å²) in [4.78, 5) is 0. The summed E-state index contributed by atoms with van der Waals surface area (Å²) < 4.78 is 2.17. The van der Waals surface area contributed by atoms with Gasteiger partial charge in [0.25, 0.3) is 0 Å². The molecule has 2 heterocycles. The molecule has 0 bridgehead atoms. The van der Waals surface area contributed by atoms with Gasteiger partial charge in [0.05, 0.1) is 5.69 Å². The second-order valence-electron chi connectivity index (χ2n) is 5.59. The third-order valence-electron chi connectivity index (χ3n) is 3.92. The molecule has 0 radical (unpaired) electrons. The lowest BCUT2D eigenvalue weighted by Crippen LogP contribution is -2.28. The standard InChI is InChI=1S/C14H25N3/c1-10(2)17-12(4)14(11(3)16-17)9-13-5-7-15-8-6-13/h10,13,15H,5-9H2,1-4H3. The van der Waals surface area contributed by atoms with E-state index in [1.54, 1.807) is 0 Å². The number of aromatic nitrogens is 2. The first-order valence-corrected chi connectivity index (χ1v) is 6.85. The molecule has 1 fully saturated rings. The van der Waals surface area contributed by atoms with E-state index < -0.39 is 0 Å². The van der Waals surface area contributed by atoms with Crippen LogP contribution in [0.15, 0.2) is 0 Å². The minimum atomic E-state index is 0.468. The summed E-state index contributed by atoms with van der Waals surface area (Å²) in [5.41, 5.74) is 4.09. The maximum atomic E-state index is 4.68. The first-order valence-electron chi connectivity index (χ1n) is 6.85. The van der Waals surface area contributed by atoms with Crippen molar-refractivity contribution >= 4 is 0 Å². The van der Waals surface area contributed by atoms with Crippen molar-refractivity contribution in [1.29, 1.82) is 0 Å². The Labute approximate surface area is 105 Å². The molecule has 3 nitrogen and oxygen atoms in total. The molecule has 17 heavy (non-hydrogen) atoms. The molecule has 1 aliphatic heterocycles. The monoisotopic (exact) mass is 235 g/mol. The van der Waals surface area contributed by atoms with E-state index in [0.717, 1.165) is 5.92 Å². The van der Waals surface area contributed by atoms with E-state index in [0.29, 0.717) is 6.04 Å². The summed E-state index contributed by atoms with van der Waals surface area (Å²) in [6.45, 7) is 11.1. The quantitative estimate of drug-likeness (QED) is 0.873. The molecule has 0 saturated carbocycles. The molecule has 3 heteroatoms. The van der Waals surface area contributed by atoms with Crippen LogP contribution in [0, 0.1) is 19.8 Å². The Balaban J connectivity index is 2.14. The second-order valence-corrected chi connectivity index (χ2v) is 5.59. The lowest BCUT2D eigenvalue weighted by atomic mass is 9.90. The molecular formula is C14H25N3. The molecule has 0 aromatic carbocycles. The van der Waals surface area contributed by atoms with Gasteiger partial charge in [0.1, 0.15) is 0 Å². The lowest BCUT2D eigenvalue weighted by molar-refractivity contribution is 0.371. The molecule has 1 aromatic rings. The van der Waals surface area contributed by atoms with Crippen LogP contribution in [0.2, 0.25) is 0 Å². The van der Waals surface area contributed by atoms with Crippen molar-refractivity contribution in [1.82, 2.24) is 15.1 Å². The Morgan fingerprint density at radius 2 is 1.94 bits per heavy atom. The van der Waals surface area contributed by atoms with Gasteiger partial charge in [-0.2, -0.15) is 5.10 Å². The second kappa shape index (κ2) is 5.21. The van der Waals surface area contributed by atoms with E-state index in [-0.39, 0.29) is 0 Å². The zero-order valence-electron chi connectivity index (χ0n) is 11.6. The molecule has 0 aliphatic carbocycles. The largest absolute Gasteiger partial charge is 0.317 e. The predicted molar refractivity (Wildman–Crippen MR) is 71.4 cm³/mol. The molecule has 1 aromatic heterocycles. The fourth-order valence-corrected chi connectivity index (χ4v) is 2.87. The fraction of sp³-hybridized carbons (Fsp3) is 0.786. The third-order valence-corrected chi connectivity index (χ3v) is 3.92. The highest BCUT2D eigenvalue weighted by Crippen LogP contribution is 2.24. The van der Waals surface area contributed by atoms with Crippen molar-refractivity contribution in [2.45, 2.75) is 53.0 Å². The highest BCUT2D eigenvalue weighted by Gasteiger charge is 2.19. The summed E-state index contributed by atoms with van der Waals surface area (Å²) in [6, 6.07) is 0.468. The van der Waals surface area contributed by atoms with Crippen molar-refractivity contribution in [2.24, 2.45) is 5.92 Å². The van der Waals surface area contributed by atoms with E-state index in [9.17, 15) is 0 Å². The van der Waals surface area contributed by atoms with E-state index in [1.165, 1.54) is 49.3 Å². The first-order chi connectivity index (χ1) is 8.09. The van der Waals surface area contributed by atoms with Crippen molar-refractivity contribution in [3.63, 3.8) is 0 Å². The number of nitrogens with zero attached hydrogens (tertiary/aromatic N) is 2. The minimum Gasteiger partial charge on any atom is -0.317 e. The number of piperidine rings is 1. The smallest absolute Gasteiger partial charge is 0.0628 e. The Kier molecular flexibility index (Phi) is 3.87. The van der Waals surface area contributed by atoms with E-state index in [2.05, 4.69) is 42.8 Å². The highest BCUT2D eigenvalue weighted by atomic mass is 15.3. The Hall–Kier alpha value is -0.830. The molecule has 0 spiro atoms. The van der Waals surface area contributed by atoms with Gasteiger partial charge in [0.15, 0.2) is 0 Å². The fourth-order valence-electron chi connectivity index (χ4n) is 2.87. The normalized spacial score (nSPS) is 17.9. The molecule has 1 saturated heterocycles. The van der Waals surface area contributed by atoms with Crippen LogP contribution in [-0.2, 0) is 6.42 Å². The van der Waals surface area contributed by atoms with Gasteiger partial charge in [-0.3, -0.25) is 4.68 Å². The first kappa shape index (κ1) is 12.6. The summed E-state index contributed by atoms with van der Waals surface area (Å²) in [5, 5.41) is 8.11. The molecule has 1 aliphatic rings. The minimum absolute atomic E-state index is 0.468. The zero-order valence-corrected chi connectivity index (χ0v) is 11.6. The van der Waals surface area contributed by atoms with Crippen molar-refractivity contribution < 1.29 is 0 Å². The van der Waals surface area contributed by atoms with Crippen molar-refractivity contribution in [3.8, 4) is 0 Å². The van der Waals surface area contributed by atoms with Crippen LogP contribution < -0.4 is 5.32 Å². The summed E-state index contributed by atoms with van der Waals surface area (Å²) >= 11 is 0. The van der Waals surface area contributed by atoms with E-state index >= 15 is 0 Å². The average molecular weight is 235 g/mol. The Bertz CT molecular complexity index is 373. The van der Waals surface area contributed by atoms with Gasteiger partial charge in [0.2, 0.25) is 0 Å². The summed E-state index contributed by atoms with van der Waals surface area (Å²) in [6.07, 6.45) is 3.84. The van der Waals surface area contributed by atoms with Crippen LogP contribution >= 0.6 is 0 Å². The van der Waals surface area contributed by atoms with Gasteiger partial charge in [-0.05, 0) is 71.5 Å². The number of rotatable bonds is 3. The van der Waals surface area contributed by atoms with Gasteiger partial charge in [-0.1, -0.05) is 0 Å². The van der Waals surface area contributed by atoms with Crippen molar-refractivity contribution in [3.05, 3.63) is 17.0 Å². The van der Waals surface area contributed by atoms with Gasteiger partial charge in [-0.25, -0.2) is 0 Å². The summed E-state index contributed by atoms with van der Waals surface area (Å²) in [7, 11) is 0. The Morgan fingerprint density at radius 3 is 2.47 bits per heavy atom. The van der Waals surface area contributed by atoms with Crippen LogP contribution in [-0.4, -0.2) is 22.9 Å². The molecule has 96 valence electrons. The van der Waals surface area contributed by atoms with Crippen LogP contribution in [0.1, 0.15) is 49.7 Å². The number of hydrogen-bond donors (Lipinski definition) is 1. The number of nitrogens with one attached hydrogen (secondary N) is 1. The lowest BCUT2D eigenvalue weighted by Gasteiger charge is -2.22. The molecular weight excluding hydrogens is 210 g/mol. The molecule has 0 amide bonds. The van der Waals surface area contributed by atoms with Crippen molar-refractivity contribution in [2.75, 3.05) is 13.1 Å². The summed E-state index contributed by atoms with van der Waals surface area (Å²) in [5.74, 6) is 0.846. The highest BCUT2D eigenvalue weighted by molar-refractivity contribution is 5.25. The topological polar surface area (TPSA) is 29.9 Å². The van der Waals surface area contributed by atoms with E-state index in [4.69, 9.17) is 0 Å². The predicted octanol–water partition coefficient (Wildman–Crippen LogP) is 2.62. The molecule has 0 atom stereocenters. The van der Waals surface area contributed by atoms with Crippen LogP contribution in [0.4, 0.5) is 0 Å². The van der Waals surface area contributed by atoms with Gasteiger partial charge in [0, 0.05) is 11.7 Å². The van der Waals surface area contributed by atoms with E-state index in [1.807, 2.05) is 0 Å². The van der Waals surface area contributed by atoms with Gasteiger partial charge >= 0.3 is 0 Å². The van der Waals surface area contributed by atoms with Crippen LogP contribution in [0.25, 0.3) is 0 Å². The maximum Gasteiger partial charge on any atom is 0.0628 e. The molecule has 2 rings (SSSR count). The Morgan fingerprint density at radius 1 is 1.29 bits per heavy atom. The number of aryl methyl sites for hydroxylation is 1. The van der Waals surface area contributed by atoms with Gasteiger partial charge < -0.3 is 5.32 Å². The molecule has 1 N–H and O–H groups in total.